The molecule has 4 rings (SSSR count). The first-order chi connectivity index (χ1) is 16.2. The number of aliphatic hydroxyl groups is 1. The van der Waals surface area contributed by atoms with Gasteiger partial charge in [0.1, 0.15) is 23.5 Å². The molecule has 4 aromatic rings. The van der Waals surface area contributed by atoms with E-state index in [1.54, 1.807) is 30.3 Å². The van der Waals surface area contributed by atoms with Crippen LogP contribution in [0.5, 0.6) is 0 Å². The largest absolute Gasteiger partial charge is 0.378 e. The van der Waals surface area contributed by atoms with E-state index in [4.69, 9.17) is 21.9 Å². The molecule has 4 N–H and O–H groups in total. The van der Waals surface area contributed by atoms with Crippen LogP contribution in [-0.4, -0.2) is 48.1 Å². The summed E-state index contributed by atoms with van der Waals surface area (Å²) in [5.41, 5.74) is 4.59. The number of carbonyl (C=O) groups is 1. The van der Waals surface area contributed by atoms with E-state index in [-0.39, 0.29) is 37.4 Å². The molecule has 1 atom stereocenters. The number of hydrogen-bond acceptors (Lipinski definition) is 8. The lowest BCUT2D eigenvalue weighted by atomic mass is 10.1. The van der Waals surface area contributed by atoms with E-state index >= 15 is 0 Å². The van der Waals surface area contributed by atoms with E-state index in [9.17, 15) is 18.7 Å². The van der Waals surface area contributed by atoms with E-state index in [0.717, 1.165) is 0 Å². The average Bonchev–Trinajstić information content (AvgIpc) is 3.46. The van der Waals surface area contributed by atoms with Crippen molar-refractivity contribution in [3.8, 4) is 22.9 Å². The lowest BCUT2D eigenvalue weighted by molar-refractivity contribution is -0.133. The lowest BCUT2D eigenvalue weighted by Gasteiger charge is -2.20. The van der Waals surface area contributed by atoms with Crippen molar-refractivity contribution in [2.75, 3.05) is 11.9 Å². The van der Waals surface area contributed by atoms with Crippen LogP contribution < -0.4 is 11.1 Å². The maximum Gasteiger partial charge on any atom is 0.250 e. The Hall–Kier alpha value is -3.55. The second-order valence-electron chi connectivity index (χ2n) is 7.54. The lowest BCUT2D eigenvalue weighted by Crippen LogP contribution is -2.46. The van der Waals surface area contributed by atoms with Gasteiger partial charge in [-0.3, -0.25) is 9.48 Å². The molecule has 0 spiro atoms. The van der Waals surface area contributed by atoms with Gasteiger partial charge in [0, 0.05) is 11.6 Å². The van der Waals surface area contributed by atoms with Gasteiger partial charge in [0.2, 0.25) is 5.82 Å². The molecule has 0 fully saturated rings. The molecule has 0 unspecified atom stereocenters. The van der Waals surface area contributed by atoms with Crippen molar-refractivity contribution < 1.29 is 23.2 Å². The molecule has 3 aromatic heterocycles. The van der Waals surface area contributed by atoms with Crippen LogP contribution in [0.2, 0.25) is 5.15 Å². The summed E-state index contributed by atoms with van der Waals surface area (Å²) in [5, 5.41) is 20.3. The molecule has 184 valence electrons. The first-order valence-electron chi connectivity index (χ1n) is 9.87. The zero-order chi connectivity index (χ0) is 24.5. The summed E-state index contributed by atoms with van der Waals surface area (Å²) in [7, 11) is 0. The number of benzene rings is 1. The first-order valence-corrected chi connectivity index (χ1v) is 10.2. The van der Waals surface area contributed by atoms with Crippen molar-refractivity contribution in [1.82, 2.24) is 24.9 Å². The molecule has 0 aliphatic heterocycles. The molecule has 0 bridgehead atoms. The monoisotopic (exact) mass is 523 g/mol. The minimum Gasteiger partial charge on any atom is -0.378 e. The van der Waals surface area contributed by atoms with Gasteiger partial charge in [-0.1, -0.05) is 35.0 Å². The number of nitrogens with zero attached hydrogens (tertiary/aromatic N) is 5. The van der Waals surface area contributed by atoms with Gasteiger partial charge >= 0.3 is 0 Å². The van der Waals surface area contributed by atoms with Crippen LogP contribution in [0.4, 0.5) is 14.6 Å². The van der Waals surface area contributed by atoms with Crippen LogP contribution in [0, 0.1) is 11.6 Å². The minimum absolute atomic E-state index is 0. The third-order valence-corrected chi connectivity index (χ3v) is 5.18. The molecule has 0 aliphatic carbocycles. The number of halogens is 3. The molecule has 0 radical (unpaired) electrons. The highest BCUT2D eigenvalue weighted by Crippen LogP contribution is 2.28. The Morgan fingerprint density at radius 1 is 1.26 bits per heavy atom. The fourth-order valence-corrected chi connectivity index (χ4v) is 3.15. The Kier molecular flexibility index (Phi) is 7.73. The van der Waals surface area contributed by atoms with E-state index in [0.29, 0.717) is 17.0 Å². The zero-order valence-electron chi connectivity index (χ0n) is 18.2. The van der Waals surface area contributed by atoms with Crippen LogP contribution in [0.3, 0.4) is 0 Å². The number of carbonyl (C=O) groups excluding carboxylic acids is 1. The van der Waals surface area contributed by atoms with E-state index in [2.05, 4.69) is 25.5 Å². The van der Waals surface area contributed by atoms with Gasteiger partial charge in [-0.25, -0.2) is 14.4 Å². The maximum absolute atomic E-state index is 14.5. The number of amides is 1. The Morgan fingerprint density at radius 3 is 2.66 bits per heavy atom. The van der Waals surface area contributed by atoms with E-state index in [1.165, 1.54) is 23.9 Å². The topological polar surface area (TPSA) is 145 Å². The van der Waals surface area contributed by atoms with Crippen molar-refractivity contribution in [2.45, 2.75) is 19.1 Å². The van der Waals surface area contributed by atoms with E-state index < -0.39 is 34.8 Å². The van der Waals surface area contributed by atoms with Gasteiger partial charge in [-0.2, -0.15) is 23.0 Å². The van der Waals surface area contributed by atoms with Crippen molar-refractivity contribution in [2.24, 2.45) is 5.73 Å². The molecule has 1 aromatic carbocycles. The highest BCUT2D eigenvalue weighted by atomic mass is 35.5. The van der Waals surface area contributed by atoms with Crippen molar-refractivity contribution in [3.63, 3.8) is 0 Å². The number of rotatable bonds is 8. The second kappa shape index (κ2) is 10.4. The Morgan fingerprint density at radius 2 is 2.00 bits per heavy atom. The number of primary amides is 1. The first kappa shape index (κ1) is 26.1. The van der Waals surface area contributed by atoms with Crippen LogP contribution in [0.25, 0.3) is 22.9 Å². The van der Waals surface area contributed by atoms with Crippen molar-refractivity contribution in [1.29, 1.82) is 0 Å². The normalized spacial score (nSPS) is 12.6. The third kappa shape index (κ3) is 5.58. The van der Waals surface area contributed by atoms with Gasteiger partial charge < -0.3 is 20.7 Å². The Labute approximate surface area is 209 Å². The second-order valence-corrected chi connectivity index (χ2v) is 7.90. The van der Waals surface area contributed by atoms with Gasteiger partial charge in [-0.15, -0.1) is 0 Å². The van der Waals surface area contributed by atoms with E-state index in [1.807, 2.05) is 0 Å². The molecule has 10 nitrogen and oxygen atoms in total. The Balaban J connectivity index is 0.00000342. The number of hydrogen-bond donors (Lipinski definition) is 3. The fraction of sp³-hybridized carbons (Fsp3) is 0.190. The summed E-state index contributed by atoms with van der Waals surface area (Å²) in [4.78, 5) is 19.4. The van der Waals surface area contributed by atoms with Crippen LogP contribution in [0.1, 0.15) is 12.5 Å². The number of nitrogens with one attached hydrogen (secondary N) is 1. The molecule has 1 amide bonds. The van der Waals surface area contributed by atoms with Crippen molar-refractivity contribution in [3.05, 3.63) is 65.0 Å². The molecule has 14 heteroatoms. The summed E-state index contributed by atoms with van der Waals surface area (Å²) >= 11 is 5.95. The highest BCUT2D eigenvalue weighted by Gasteiger charge is 2.28. The third-order valence-electron chi connectivity index (χ3n) is 4.93. The quantitative estimate of drug-likeness (QED) is 0.299. The van der Waals surface area contributed by atoms with Gasteiger partial charge in [0.25, 0.3) is 5.91 Å². The van der Waals surface area contributed by atoms with Gasteiger partial charge in [0.15, 0.2) is 22.4 Å². The number of nitrogens with two attached hydrogens (primary N) is 1. The smallest absolute Gasteiger partial charge is 0.250 e. The Bertz CT molecular complexity index is 1350. The van der Waals surface area contributed by atoms with Crippen LogP contribution in [-0.2, 0) is 11.3 Å². The van der Waals surface area contributed by atoms with Crippen molar-refractivity contribution >= 4 is 36.8 Å². The minimum atomic E-state index is -1.97. The molecule has 0 aliphatic rings. The molecule has 35 heavy (non-hydrogen) atoms. The molecular formula is C21H20ClF2N7O3S. The summed E-state index contributed by atoms with van der Waals surface area (Å²) in [5.74, 6) is -2.86. The molecule has 3 heterocycles. The summed E-state index contributed by atoms with van der Waals surface area (Å²) in [6.45, 7) is 0.785. The van der Waals surface area contributed by atoms with Crippen LogP contribution >= 0.6 is 25.1 Å². The predicted octanol–water partition coefficient (Wildman–Crippen LogP) is 2.74. The maximum atomic E-state index is 14.5. The summed E-state index contributed by atoms with van der Waals surface area (Å²) < 4.78 is 35.1. The highest BCUT2D eigenvalue weighted by molar-refractivity contribution is 7.59. The molecule has 0 saturated heterocycles. The summed E-state index contributed by atoms with van der Waals surface area (Å²) in [6, 6.07) is 9.37. The number of anilines is 1. The zero-order valence-corrected chi connectivity index (χ0v) is 19.9. The molecule has 0 saturated carbocycles. The summed E-state index contributed by atoms with van der Waals surface area (Å²) in [6.07, 6.45) is 1.37. The molecular weight excluding hydrogens is 504 g/mol. The number of aromatic nitrogens is 5. The standard InChI is InChI=1S/C21H18ClF2N7O3.H2S/c1-21(33,20(25)32)10-26-19-16(24)17(22)27-18(28-19)14-8-15(13-6-7-34-30-13)31(29-14)9-11-4-2-3-5-12(11)23;/h2-8,33H,9-10H2,1H3,(H2,25,32)(H,26,27,28);1H2/t21-;/m0./s1. The van der Waals surface area contributed by atoms with Crippen LogP contribution in [0.15, 0.2) is 47.2 Å². The fourth-order valence-electron chi connectivity index (χ4n) is 2.98. The predicted molar refractivity (Wildman–Crippen MR) is 128 cm³/mol. The van der Waals surface area contributed by atoms with Gasteiger partial charge in [0.05, 0.1) is 18.8 Å². The average molecular weight is 524 g/mol. The SMILES string of the molecule is C[C@](O)(CNc1nc(-c2cc(-c3ccon3)n(Cc3ccccc3F)n2)nc(Cl)c1F)C(N)=O.S. The van der Waals surface area contributed by atoms with Gasteiger partial charge in [-0.05, 0) is 19.1 Å².